The van der Waals surface area contributed by atoms with E-state index in [1.807, 2.05) is 62.3 Å². The Morgan fingerprint density at radius 3 is 1.46 bits per heavy atom. The minimum absolute atomic E-state index is 0.0162. The Bertz CT molecular complexity index is 1030. The van der Waals surface area contributed by atoms with E-state index in [9.17, 15) is 28.8 Å². The summed E-state index contributed by atoms with van der Waals surface area (Å²) in [5.41, 5.74) is -1.81. The molecular formula is C32H53N3O6. The number of hydrogen-bond donors (Lipinski definition) is 0. The fourth-order valence-corrected chi connectivity index (χ4v) is 5.84. The van der Waals surface area contributed by atoms with Crippen LogP contribution in [0.2, 0.25) is 0 Å². The topological polar surface area (TPSA) is 112 Å². The summed E-state index contributed by atoms with van der Waals surface area (Å²) in [6.45, 7) is 23.1. The predicted molar refractivity (Wildman–Crippen MR) is 157 cm³/mol. The van der Waals surface area contributed by atoms with Crippen molar-refractivity contribution in [1.82, 2.24) is 14.7 Å². The standard InChI is InChI=1S/C32H53N3O6/c1-29(2,3)20-19-23(38)34(26(20)39)17-15-33(22(37)14-13-21(36)30(4,5)6)16-18-35-27(40)24(31(7,8)9)25(28(35)41)32(10,11)12/h20,24-25H,13-19H2,1-12H3. The van der Waals surface area contributed by atoms with E-state index >= 15 is 0 Å². The van der Waals surface area contributed by atoms with Gasteiger partial charge in [0.15, 0.2) is 0 Å². The number of rotatable bonds is 9. The molecule has 3 unspecified atom stereocenters. The third kappa shape index (κ3) is 8.04. The van der Waals surface area contributed by atoms with E-state index in [2.05, 4.69) is 0 Å². The Kier molecular flexibility index (Phi) is 10.1. The van der Waals surface area contributed by atoms with Crippen LogP contribution in [0.5, 0.6) is 0 Å². The van der Waals surface area contributed by atoms with Crippen molar-refractivity contribution in [3.05, 3.63) is 0 Å². The molecule has 0 radical (unpaired) electrons. The first-order valence-corrected chi connectivity index (χ1v) is 14.9. The van der Waals surface area contributed by atoms with Gasteiger partial charge < -0.3 is 4.90 Å². The summed E-state index contributed by atoms with van der Waals surface area (Å²) in [5, 5.41) is 0. The minimum atomic E-state index is -0.584. The monoisotopic (exact) mass is 575 g/mol. The van der Waals surface area contributed by atoms with Gasteiger partial charge in [-0.25, -0.2) is 0 Å². The van der Waals surface area contributed by atoms with Crippen molar-refractivity contribution >= 4 is 35.3 Å². The molecule has 2 saturated heterocycles. The van der Waals surface area contributed by atoms with Crippen molar-refractivity contribution in [2.75, 3.05) is 26.2 Å². The molecule has 2 aliphatic rings. The van der Waals surface area contributed by atoms with Gasteiger partial charge in [0.05, 0.1) is 17.8 Å². The molecule has 0 aromatic rings. The lowest BCUT2D eigenvalue weighted by Gasteiger charge is -2.35. The molecule has 0 spiro atoms. The van der Waals surface area contributed by atoms with Gasteiger partial charge in [0.2, 0.25) is 29.5 Å². The third-order valence-electron chi connectivity index (χ3n) is 8.50. The van der Waals surface area contributed by atoms with E-state index in [0.29, 0.717) is 0 Å². The molecule has 0 aromatic heterocycles. The highest BCUT2D eigenvalue weighted by molar-refractivity contribution is 6.06. The Hall–Kier alpha value is -2.58. The molecule has 9 heteroatoms. The van der Waals surface area contributed by atoms with Crippen molar-refractivity contribution in [2.45, 2.75) is 102 Å². The van der Waals surface area contributed by atoms with Gasteiger partial charge in [0.25, 0.3) is 0 Å². The van der Waals surface area contributed by atoms with Crippen LogP contribution in [-0.4, -0.2) is 76.2 Å². The number of carbonyl (C=O) groups excluding carboxylic acids is 6. The number of ketones is 1. The highest BCUT2D eigenvalue weighted by Gasteiger charge is 2.56. The zero-order valence-electron chi connectivity index (χ0n) is 27.5. The fraction of sp³-hybridized carbons (Fsp3) is 0.812. The molecule has 0 saturated carbocycles. The number of hydrogen-bond acceptors (Lipinski definition) is 6. The SMILES string of the molecule is CC(C)(C)C(=O)CCC(=O)N(CCN1C(=O)CC(C(C)(C)C)C1=O)CCN1C(=O)C(C(C)(C)C)C(C(C)(C)C)C1=O. The van der Waals surface area contributed by atoms with E-state index in [1.54, 1.807) is 20.8 Å². The molecule has 2 fully saturated rings. The van der Waals surface area contributed by atoms with E-state index in [1.165, 1.54) is 14.7 Å². The molecule has 5 amide bonds. The average Bonchev–Trinajstić information content (AvgIpc) is 3.23. The summed E-state index contributed by atoms with van der Waals surface area (Å²) in [5.74, 6) is -2.75. The predicted octanol–water partition coefficient (Wildman–Crippen LogP) is 4.33. The first-order chi connectivity index (χ1) is 18.4. The average molecular weight is 576 g/mol. The van der Waals surface area contributed by atoms with Crippen LogP contribution < -0.4 is 0 Å². The highest BCUT2D eigenvalue weighted by Crippen LogP contribution is 2.47. The van der Waals surface area contributed by atoms with Gasteiger partial charge in [0.1, 0.15) is 5.78 Å². The molecule has 0 aliphatic carbocycles. The first-order valence-electron chi connectivity index (χ1n) is 14.9. The van der Waals surface area contributed by atoms with Crippen LogP contribution in [0.3, 0.4) is 0 Å². The Morgan fingerprint density at radius 1 is 0.659 bits per heavy atom. The van der Waals surface area contributed by atoms with E-state index in [0.717, 1.165) is 0 Å². The maximum absolute atomic E-state index is 13.6. The minimum Gasteiger partial charge on any atom is -0.339 e. The Morgan fingerprint density at radius 2 is 1.10 bits per heavy atom. The molecule has 2 heterocycles. The molecule has 2 rings (SSSR count). The van der Waals surface area contributed by atoms with Gasteiger partial charge in [-0.2, -0.15) is 0 Å². The van der Waals surface area contributed by atoms with Gasteiger partial charge in [-0.15, -0.1) is 0 Å². The first kappa shape index (κ1) is 34.6. The smallest absolute Gasteiger partial charge is 0.233 e. The van der Waals surface area contributed by atoms with Gasteiger partial charge in [0, 0.05) is 50.9 Å². The quantitative estimate of drug-likeness (QED) is 0.379. The summed E-state index contributed by atoms with van der Waals surface area (Å²) in [7, 11) is 0. The fourth-order valence-electron chi connectivity index (χ4n) is 5.84. The summed E-state index contributed by atoms with van der Waals surface area (Å²) in [6, 6.07) is 0. The Balaban J connectivity index is 2.26. The van der Waals surface area contributed by atoms with E-state index in [-0.39, 0.29) is 86.2 Å². The molecule has 3 atom stereocenters. The molecule has 0 bridgehead atoms. The number of nitrogens with zero attached hydrogens (tertiary/aromatic N) is 3. The van der Waals surface area contributed by atoms with Gasteiger partial charge in [-0.1, -0.05) is 83.1 Å². The highest BCUT2D eigenvalue weighted by atomic mass is 16.2. The second kappa shape index (κ2) is 12.0. The largest absolute Gasteiger partial charge is 0.339 e. The van der Waals surface area contributed by atoms with E-state index < -0.39 is 34.0 Å². The Labute approximate surface area is 246 Å². The maximum atomic E-state index is 13.6. The van der Waals surface area contributed by atoms with Crippen molar-refractivity contribution in [1.29, 1.82) is 0 Å². The number of imide groups is 2. The maximum Gasteiger partial charge on any atom is 0.233 e. The summed E-state index contributed by atoms with van der Waals surface area (Å²) >= 11 is 0. The number of carbonyl (C=O) groups is 6. The lowest BCUT2D eigenvalue weighted by atomic mass is 9.65. The van der Waals surface area contributed by atoms with Gasteiger partial charge in [-0.3, -0.25) is 38.6 Å². The molecule has 9 nitrogen and oxygen atoms in total. The number of amides is 5. The molecule has 0 aromatic carbocycles. The second-order valence-electron chi connectivity index (χ2n) is 16.1. The summed E-state index contributed by atoms with van der Waals surface area (Å²) < 4.78 is 0. The van der Waals surface area contributed by atoms with Crippen LogP contribution in [0.4, 0.5) is 0 Å². The molecule has 232 valence electrons. The van der Waals surface area contributed by atoms with Crippen molar-refractivity contribution in [3.8, 4) is 0 Å². The second-order valence-corrected chi connectivity index (χ2v) is 16.1. The van der Waals surface area contributed by atoms with Crippen LogP contribution in [0.25, 0.3) is 0 Å². The summed E-state index contributed by atoms with van der Waals surface area (Å²) in [4.78, 5) is 82.8. The zero-order valence-corrected chi connectivity index (χ0v) is 27.5. The van der Waals surface area contributed by atoms with Crippen LogP contribution in [0.1, 0.15) is 102 Å². The van der Waals surface area contributed by atoms with Gasteiger partial charge >= 0.3 is 0 Å². The van der Waals surface area contributed by atoms with Crippen molar-refractivity contribution in [2.24, 2.45) is 39.4 Å². The third-order valence-corrected chi connectivity index (χ3v) is 8.50. The normalized spacial score (nSPS) is 22.7. The number of likely N-dealkylation sites (tertiary alicyclic amines) is 2. The lowest BCUT2D eigenvalue weighted by Crippen LogP contribution is -2.46. The van der Waals surface area contributed by atoms with Crippen LogP contribution >= 0.6 is 0 Å². The molecule has 2 aliphatic heterocycles. The van der Waals surface area contributed by atoms with Crippen LogP contribution in [-0.2, 0) is 28.8 Å². The van der Waals surface area contributed by atoms with Crippen molar-refractivity contribution < 1.29 is 28.8 Å². The van der Waals surface area contributed by atoms with Gasteiger partial charge in [-0.05, 0) is 16.2 Å². The number of Topliss-reactive ketones (excluding diaryl/α,β-unsaturated/α-hetero) is 1. The van der Waals surface area contributed by atoms with Crippen LogP contribution in [0.15, 0.2) is 0 Å². The molecule has 41 heavy (non-hydrogen) atoms. The van der Waals surface area contributed by atoms with Crippen molar-refractivity contribution in [3.63, 3.8) is 0 Å². The summed E-state index contributed by atoms with van der Waals surface area (Å²) in [6.07, 6.45) is 0.168. The van der Waals surface area contributed by atoms with E-state index in [4.69, 9.17) is 0 Å². The lowest BCUT2D eigenvalue weighted by molar-refractivity contribution is -0.143. The zero-order chi connectivity index (χ0) is 31.9. The molecule has 0 N–H and O–H groups in total. The molecular weight excluding hydrogens is 522 g/mol. The van der Waals surface area contributed by atoms with Crippen LogP contribution in [0, 0.1) is 39.4 Å².